The minimum absolute atomic E-state index is 0.583. The number of ether oxygens (including phenoxy) is 2. The third-order valence-electron chi connectivity index (χ3n) is 3.47. The lowest BCUT2D eigenvalue weighted by Gasteiger charge is -2.11. The fourth-order valence-corrected chi connectivity index (χ4v) is 2.26. The summed E-state index contributed by atoms with van der Waals surface area (Å²) in [4.78, 5) is 8.38. The minimum atomic E-state index is 0.583. The molecule has 0 aliphatic heterocycles. The molecule has 0 unspecified atom stereocenters. The van der Waals surface area contributed by atoms with E-state index in [2.05, 4.69) is 25.8 Å². The van der Waals surface area contributed by atoms with Crippen LogP contribution < -0.4 is 20.1 Å². The molecule has 8 nitrogen and oxygen atoms in total. The standard InChI is InChI=1S/C17H19N5O3/c1-11-6-17(22-25-11)21-16-8-15(19-10-20-16)18-9-12-4-5-13(23-2)14(7-12)24-3/h4-8,10H,9H2,1-3H3,(H2,18,19,20,21,22). The second-order valence-corrected chi connectivity index (χ2v) is 5.28. The number of benzene rings is 1. The topological polar surface area (TPSA) is 94.3 Å². The van der Waals surface area contributed by atoms with Crippen molar-refractivity contribution < 1.29 is 14.0 Å². The third-order valence-corrected chi connectivity index (χ3v) is 3.47. The first-order valence-corrected chi connectivity index (χ1v) is 7.65. The molecule has 0 amide bonds. The largest absolute Gasteiger partial charge is 0.493 e. The maximum Gasteiger partial charge on any atom is 0.175 e. The molecule has 3 aromatic rings. The molecule has 0 atom stereocenters. The second-order valence-electron chi connectivity index (χ2n) is 5.28. The average Bonchev–Trinajstić information content (AvgIpc) is 3.04. The van der Waals surface area contributed by atoms with Gasteiger partial charge in [0.2, 0.25) is 0 Å². The van der Waals surface area contributed by atoms with Crippen LogP contribution in [0.2, 0.25) is 0 Å². The van der Waals surface area contributed by atoms with Crippen LogP contribution in [0.4, 0.5) is 17.5 Å². The van der Waals surface area contributed by atoms with E-state index in [0.717, 1.165) is 11.3 Å². The van der Waals surface area contributed by atoms with E-state index in [4.69, 9.17) is 14.0 Å². The third kappa shape index (κ3) is 4.17. The maximum absolute atomic E-state index is 5.31. The molecule has 0 fully saturated rings. The van der Waals surface area contributed by atoms with Crippen molar-refractivity contribution >= 4 is 17.5 Å². The Balaban J connectivity index is 1.66. The van der Waals surface area contributed by atoms with E-state index < -0.39 is 0 Å². The molecule has 0 spiro atoms. The van der Waals surface area contributed by atoms with Gasteiger partial charge in [-0.05, 0) is 24.6 Å². The van der Waals surface area contributed by atoms with Crippen LogP contribution in [-0.2, 0) is 6.54 Å². The Kier molecular flexibility index (Phi) is 4.98. The summed E-state index contributed by atoms with van der Waals surface area (Å²) in [6.45, 7) is 2.41. The van der Waals surface area contributed by atoms with E-state index >= 15 is 0 Å². The zero-order valence-corrected chi connectivity index (χ0v) is 14.2. The summed E-state index contributed by atoms with van der Waals surface area (Å²) in [6, 6.07) is 9.34. The lowest BCUT2D eigenvalue weighted by molar-refractivity contribution is 0.354. The molecule has 130 valence electrons. The van der Waals surface area contributed by atoms with Crippen LogP contribution in [0.5, 0.6) is 11.5 Å². The number of anilines is 3. The van der Waals surface area contributed by atoms with Crippen LogP contribution in [-0.4, -0.2) is 29.3 Å². The maximum atomic E-state index is 5.31. The Bertz CT molecular complexity index is 850. The van der Waals surface area contributed by atoms with E-state index in [0.29, 0.717) is 35.5 Å². The van der Waals surface area contributed by atoms with Crippen LogP contribution in [0.3, 0.4) is 0 Å². The first-order chi connectivity index (χ1) is 12.2. The molecule has 3 rings (SSSR count). The number of aromatic nitrogens is 3. The van der Waals surface area contributed by atoms with Gasteiger partial charge in [-0.3, -0.25) is 0 Å². The van der Waals surface area contributed by atoms with E-state index in [1.165, 1.54) is 6.33 Å². The normalized spacial score (nSPS) is 10.4. The van der Waals surface area contributed by atoms with Crippen LogP contribution in [0.15, 0.2) is 41.2 Å². The van der Waals surface area contributed by atoms with E-state index in [1.807, 2.05) is 25.1 Å². The molecule has 2 heterocycles. The fourth-order valence-electron chi connectivity index (χ4n) is 2.26. The van der Waals surface area contributed by atoms with Gasteiger partial charge in [-0.15, -0.1) is 0 Å². The second kappa shape index (κ2) is 7.52. The van der Waals surface area contributed by atoms with E-state index in [1.54, 1.807) is 26.4 Å². The van der Waals surface area contributed by atoms with Crippen molar-refractivity contribution in [2.45, 2.75) is 13.5 Å². The summed E-state index contributed by atoms with van der Waals surface area (Å²) in [5.41, 5.74) is 1.04. The Hall–Kier alpha value is -3.29. The van der Waals surface area contributed by atoms with Gasteiger partial charge in [0.05, 0.1) is 14.2 Å². The van der Waals surface area contributed by atoms with Crippen molar-refractivity contribution in [1.29, 1.82) is 0 Å². The van der Waals surface area contributed by atoms with Crippen LogP contribution in [0.25, 0.3) is 0 Å². The lowest BCUT2D eigenvalue weighted by Crippen LogP contribution is -2.03. The van der Waals surface area contributed by atoms with Gasteiger partial charge in [0.25, 0.3) is 0 Å². The number of nitrogens with one attached hydrogen (secondary N) is 2. The zero-order valence-electron chi connectivity index (χ0n) is 14.2. The molecule has 0 aliphatic carbocycles. The van der Waals surface area contributed by atoms with Gasteiger partial charge in [0.1, 0.15) is 23.7 Å². The van der Waals surface area contributed by atoms with Gasteiger partial charge >= 0.3 is 0 Å². The molecular weight excluding hydrogens is 322 g/mol. The Labute approximate surface area is 145 Å². The molecule has 0 saturated carbocycles. The van der Waals surface area contributed by atoms with Gasteiger partial charge in [-0.1, -0.05) is 11.2 Å². The summed E-state index contributed by atoms with van der Waals surface area (Å²) >= 11 is 0. The van der Waals surface area contributed by atoms with Gasteiger partial charge in [0.15, 0.2) is 17.3 Å². The number of hydrogen-bond acceptors (Lipinski definition) is 8. The Morgan fingerprint density at radius 3 is 2.48 bits per heavy atom. The van der Waals surface area contributed by atoms with Crippen molar-refractivity contribution in [3.63, 3.8) is 0 Å². The predicted octanol–water partition coefficient (Wildman–Crippen LogP) is 3.15. The van der Waals surface area contributed by atoms with Crippen LogP contribution in [0.1, 0.15) is 11.3 Å². The van der Waals surface area contributed by atoms with Crippen molar-refractivity contribution in [3.05, 3.63) is 48.0 Å². The van der Waals surface area contributed by atoms with Crippen LogP contribution >= 0.6 is 0 Å². The van der Waals surface area contributed by atoms with Gasteiger partial charge in [-0.25, -0.2) is 9.97 Å². The summed E-state index contributed by atoms with van der Waals surface area (Å²) < 4.78 is 15.6. The lowest BCUT2D eigenvalue weighted by atomic mass is 10.2. The highest BCUT2D eigenvalue weighted by atomic mass is 16.5. The molecule has 25 heavy (non-hydrogen) atoms. The van der Waals surface area contributed by atoms with Crippen molar-refractivity contribution in [3.8, 4) is 11.5 Å². The zero-order chi connectivity index (χ0) is 17.6. The number of nitrogens with zero attached hydrogens (tertiary/aromatic N) is 3. The van der Waals surface area contributed by atoms with Crippen LogP contribution in [0, 0.1) is 6.92 Å². The van der Waals surface area contributed by atoms with E-state index in [9.17, 15) is 0 Å². The molecule has 2 aromatic heterocycles. The number of aryl methyl sites for hydroxylation is 1. The smallest absolute Gasteiger partial charge is 0.175 e. The molecular formula is C17H19N5O3. The highest BCUT2D eigenvalue weighted by Crippen LogP contribution is 2.27. The SMILES string of the molecule is COc1ccc(CNc2cc(Nc3cc(C)on3)ncn2)cc1OC. The van der Waals surface area contributed by atoms with Gasteiger partial charge in [-0.2, -0.15) is 0 Å². The predicted molar refractivity (Wildman–Crippen MR) is 93.4 cm³/mol. The monoisotopic (exact) mass is 341 g/mol. The number of methoxy groups -OCH3 is 2. The highest BCUT2D eigenvalue weighted by Gasteiger charge is 2.06. The summed E-state index contributed by atoms with van der Waals surface area (Å²) in [5, 5.41) is 10.2. The number of hydrogen-bond donors (Lipinski definition) is 2. The van der Waals surface area contributed by atoms with Gasteiger partial charge < -0.3 is 24.6 Å². The molecule has 1 aromatic carbocycles. The van der Waals surface area contributed by atoms with Crippen molar-refractivity contribution in [2.24, 2.45) is 0 Å². The Morgan fingerprint density at radius 1 is 0.960 bits per heavy atom. The average molecular weight is 341 g/mol. The summed E-state index contributed by atoms with van der Waals surface area (Å²) in [5.74, 6) is 4.02. The van der Waals surface area contributed by atoms with E-state index in [-0.39, 0.29) is 0 Å². The summed E-state index contributed by atoms with van der Waals surface area (Å²) in [6.07, 6.45) is 1.48. The quantitative estimate of drug-likeness (QED) is 0.677. The fraction of sp³-hybridized carbons (Fsp3) is 0.235. The first-order valence-electron chi connectivity index (χ1n) is 7.65. The first kappa shape index (κ1) is 16.6. The van der Waals surface area contributed by atoms with Crippen molar-refractivity contribution in [2.75, 3.05) is 24.9 Å². The highest BCUT2D eigenvalue weighted by molar-refractivity contribution is 5.55. The molecule has 8 heteroatoms. The molecule has 0 aliphatic rings. The molecule has 0 radical (unpaired) electrons. The molecule has 0 bridgehead atoms. The molecule has 0 saturated heterocycles. The number of rotatable bonds is 7. The summed E-state index contributed by atoms with van der Waals surface area (Å²) in [7, 11) is 3.23. The van der Waals surface area contributed by atoms with Crippen molar-refractivity contribution in [1.82, 2.24) is 15.1 Å². The molecule has 2 N–H and O–H groups in total. The Morgan fingerprint density at radius 2 is 1.76 bits per heavy atom. The minimum Gasteiger partial charge on any atom is -0.493 e. The van der Waals surface area contributed by atoms with Gasteiger partial charge in [0, 0.05) is 18.7 Å².